The van der Waals surface area contributed by atoms with Crippen molar-refractivity contribution in [3.63, 3.8) is 0 Å². The second kappa shape index (κ2) is 9.79. The third-order valence-corrected chi connectivity index (χ3v) is 5.01. The van der Waals surface area contributed by atoms with Crippen molar-refractivity contribution < 1.29 is 40.7 Å². The molecule has 0 spiro atoms. The molecule has 0 aliphatic rings. The van der Waals surface area contributed by atoms with E-state index in [4.69, 9.17) is 14.9 Å². The molecule has 13 heteroatoms. The van der Waals surface area contributed by atoms with E-state index in [1.807, 2.05) is 0 Å². The number of amides is 2. The molecule has 0 bridgehead atoms. The van der Waals surface area contributed by atoms with Crippen LogP contribution in [0.1, 0.15) is 34.8 Å². The maximum Gasteiger partial charge on any atom is 0.416 e. The Labute approximate surface area is 197 Å². The van der Waals surface area contributed by atoms with Crippen molar-refractivity contribution in [2.75, 3.05) is 6.61 Å². The molecule has 1 aromatic heterocycles. The first-order valence-electron chi connectivity index (χ1n) is 9.40. The number of halogens is 6. The van der Waals surface area contributed by atoms with Crippen molar-refractivity contribution in [2.24, 2.45) is 5.73 Å². The fourth-order valence-electron chi connectivity index (χ4n) is 2.93. The van der Waals surface area contributed by atoms with E-state index in [1.54, 1.807) is 0 Å². The van der Waals surface area contributed by atoms with Crippen molar-refractivity contribution in [1.29, 1.82) is 0 Å². The molecule has 0 radical (unpaired) electrons. The minimum absolute atomic E-state index is 0.0570. The Morgan fingerprint density at radius 3 is 2.38 bits per heavy atom. The molecular formula is C21H15BrF5N3O4. The van der Waals surface area contributed by atoms with Gasteiger partial charge in [0.2, 0.25) is 11.8 Å². The van der Waals surface area contributed by atoms with Crippen LogP contribution in [-0.2, 0) is 11.0 Å². The topological polar surface area (TPSA) is 107 Å². The van der Waals surface area contributed by atoms with E-state index in [1.165, 1.54) is 19.1 Å². The van der Waals surface area contributed by atoms with E-state index < -0.39 is 59.2 Å². The van der Waals surface area contributed by atoms with Gasteiger partial charge in [-0.2, -0.15) is 13.2 Å². The minimum Gasteiger partial charge on any atom is -0.488 e. The average Bonchev–Trinajstić information content (AvgIpc) is 3.12. The number of nitrogens with two attached hydrogens (primary N) is 1. The predicted molar refractivity (Wildman–Crippen MR) is 112 cm³/mol. The number of carbonyl (C=O) groups is 2. The van der Waals surface area contributed by atoms with Crippen molar-refractivity contribution in [3.8, 4) is 17.0 Å². The van der Waals surface area contributed by atoms with E-state index in [9.17, 15) is 31.5 Å². The molecule has 7 nitrogen and oxygen atoms in total. The number of carbonyl (C=O) groups excluding carboxylic acids is 2. The number of rotatable bonds is 7. The molecule has 0 saturated heterocycles. The van der Waals surface area contributed by atoms with Gasteiger partial charge in [0.15, 0.2) is 16.2 Å². The standard InChI is InChI=1S/C21H15BrF5N3O4/c1-9(31)29-13(8-33-14-7-6-12(23)15(16(14)24)19(28)32)20-30-17(18(22)34-20)10-2-4-11(5-3-10)21(25,26)27/h2-7,13H,8H2,1H3,(H2,28,32)(H,29,31). The van der Waals surface area contributed by atoms with Crippen molar-refractivity contribution >= 4 is 27.7 Å². The van der Waals surface area contributed by atoms with Gasteiger partial charge in [-0.25, -0.2) is 13.8 Å². The predicted octanol–water partition coefficient (Wildman–Crippen LogP) is 4.76. The van der Waals surface area contributed by atoms with Crippen LogP contribution in [0.2, 0.25) is 0 Å². The lowest BCUT2D eigenvalue weighted by molar-refractivity contribution is -0.137. The van der Waals surface area contributed by atoms with Gasteiger partial charge in [-0.05, 0) is 40.2 Å². The highest BCUT2D eigenvalue weighted by Crippen LogP contribution is 2.34. The lowest BCUT2D eigenvalue weighted by Crippen LogP contribution is -2.31. The van der Waals surface area contributed by atoms with Crippen LogP contribution in [0.4, 0.5) is 22.0 Å². The molecule has 0 fully saturated rings. The van der Waals surface area contributed by atoms with Crippen LogP contribution >= 0.6 is 15.9 Å². The van der Waals surface area contributed by atoms with Gasteiger partial charge in [0, 0.05) is 12.5 Å². The fraction of sp³-hybridized carbons (Fsp3) is 0.190. The maximum atomic E-state index is 14.4. The first-order chi connectivity index (χ1) is 15.9. The van der Waals surface area contributed by atoms with E-state index in [-0.39, 0.29) is 21.8 Å². The summed E-state index contributed by atoms with van der Waals surface area (Å²) in [5, 5.41) is 2.48. The molecule has 1 heterocycles. The van der Waals surface area contributed by atoms with E-state index in [2.05, 4.69) is 26.2 Å². The number of nitrogens with zero attached hydrogens (tertiary/aromatic N) is 1. The molecule has 180 valence electrons. The molecule has 2 amide bonds. The summed E-state index contributed by atoms with van der Waals surface area (Å²) >= 11 is 3.13. The Kier molecular flexibility index (Phi) is 7.24. The zero-order chi connectivity index (χ0) is 25.2. The first-order valence-corrected chi connectivity index (χ1v) is 10.2. The van der Waals surface area contributed by atoms with Gasteiger partial charge in [0.05, 0.1) is 5.56 Å². The van der Waals surface area contributed by atoms with Gasteiger partial charge < -0.3 is 20.2 Å². The van der Waals surface area contributed by atoms with E-state index in [0.717, 1.165) is 24.3 Å². The van der Waals surface area contributed by atoms with Crippen LogP contribution in [0, 0.1) is 11.6 Å². The summed E-state index contributed by atoms with van der Waals surface area (Å²) in [5.41, 5.74) is 3.57. The quantitative estimate of drug-likeness (QED) is 0.415. The summed E-state index contributed by atoms with van der Waals surface area (Å²) in [6.07, 6.45) is -4.51. The summed E-state index contributed by atoms with van der Waals surface area (Å²) in [6, 6.07) is 4.77. The molecule has 3 N–H and O–H groups in total. The highest BCUT2D eigenvalue weighted by atomic mass is 79.9. The second-order valence-corrected chi connectivity index (χ2v) is 7.63. The van der Waals surface area contributed by atoms with Crippen molar-refractivity contribution in [2.45, 2.75) is 19.1 Å². The average molecular weight is 548 g/mol. The zero-order valence-electron chi connectivity index (χ0n) is 17.2. The molecule has 2 aromatic carbocycles. The molecule has 3 rings (SSSR count). The molecule has 3 aromatic rings. The SMILES string of the molecule is CC(=O)NC(COc1ccc(F)c(C(N)=O)c1F)c1nc(-c2ccc(C(F)(F)F)cc2)c(Br)o1. The number of nitrogens with one attached hydrogen (secondary N) is 1. The number of oxazole rings is 1. The third-order valence-electron chi connectivity index (χ3n) is 4.47. The highest BCUT2D eigenvalue weighted by molar-refractivity contribution is 9.10. The van der Waals surface area contributed by atoms with Crippen LogP contribution in [0.15, 0.2) is 45.5 Å². The molecule has 0 saturated carbocycles. The lowest BCUT2D eigenvalue weighted by Gasteiger charge is -2.16. The zero-order valence-corrected chi connectivity index (χ0v) is 18.8. The van der Waals surface area contributed by atoms with Crippen molar-refractivity contribution in [3.05, 3.63) is 69.7 Å². The van der Waals surface area contributed by atoms with Gasteiger partial charge in [-0.3, -0.25) is 9.59 Å². The maximum absolute atomic E-state index is 14.4. The van der Waals surface area contributed by atoms with Crippen LogP contribution in [-0.4, -0.2) is 23.4 Å². The summed E-state index contributed by atoms with van der Waals surface area (Å²) in [7, 11) is 0. The third kappa shape index (κ3) is 5.53. The summed E-state index contributed by atoms with van der Waals surface area (Å²) in [4.78, 5) is 27.1. The molecule has 0 aliphatic carbocycles. The Hall–Kier alpha value is -3.48. The van der Waals surface area contributed by atoms with Gasteiger partial charge >= 0.3 is 6.18 Å². The summed E-state index contributed by atoms with van der Waals surface area (Å²) in [5.74, 6) is -5.00. The number of hydrogen-bond donors (Lipinski definition) is 2. The lowest BCUT2D eigenvalue weighted by atomic mass is 10.1. The molecule has 1 atom stereocenters. The normalized spacial score (nSPS) is 12.3. The Bertz CT molecular complexity index is 1230. The van der Waals surface area contributed by atoms with Crippen LogP contribution in [0.5, 0.6) is 5.75 Å². The van der Waals surface area contributed by atoms with Gasteiger partial charge in [-0.15, -0.1) is 0 Å². The summed E-state index contributed by atoms with van der Waals surface area (Å²) in [6.45, 7) is 0.727. The fourth-order valence-corrected chi connectivity index (χ4v) is 3.41. The van der Waals surface area contributed by atoms with Gasteiger partial charge in [-0.1, -0.05) is 12.1 Å². The Morgan fingerprint density at radius 1 is 1.18 bits per heavy atom. The highest BCUT2D eigenvalue weighted by Gasteiger charge is 2.30. The molecular weight excluding hydrogens is 533 g/mol. The van der Waals surface area contributed by atoms with Crippen LogP contribution in [0.25, 0.3) is 11.3 Å². The van der Waals surface area contributed by atoms with Gasteiger partial charge in [0.1, 0.15) is 29.7 Å². The minimum atomic E-state index is -4.51. The number of alkyl halides is 3. The van der Waals surface area contributed by atoms with Gasteiger partial charge in [0.25, 0.3) is 5.91 Å². The van der Waals surface area contributed by atoms with Crippen LogP contribution < -0.4 is 15.8 Å². The van der Waals surface area contributed by atoms with E-state index in [0.29, 0.717) is 0 Å². The van der Waals surface area contributed by atoms with Crippen molar-refractivity contribution in [1.82, 2.24) is 10.3 Å². The number of ether oxygens (including phenoxy) is 1. The Balaban J connectivity index is 1.88. The number of benzene rings is 2. The van der Waals surface area contributed by atoms with E-state index >= 15 is 0 Å². The largest absolute Gasteiger partial charge is 0.488 e. The molecule has 0 aliphatic heterocycles. The molecule has 34 heavy (non-hydrogen) atoms. The number of aromatic nitrogens is 1. The smallest absolute Gasteiger partial charge is 0.416 e. The number of primary amides is 1. The monoisotopic (exact) mass is 547 g/mol. The first kappa shape index (κ1) is 25.1. The second-order valence-electron chi connectivity index (χ2n) is 6.91. The molecule has 1 unspecified atom stereocenters. The number of hydrogen-bond acceptors (Lipinski definition) is 5. The van der Waals surface area contributed by atoms with Crippen LogP contribution in [0.3, 0.4) is 0 Å². The summed E-state index contributed by atoms with van der Waals surface area (Å²) < 4.78 is 77.4. The Morgan fingerprint density at radius 2 is 1.82 bits per heavy atom.